The van der Waals surface area contributed by atoms with Crippen molar-refractivity contribution in [3.63, 3.8) is 0 Å². The molecule has 0 saturated carbocycles. The van der Waals surface area contributed by atoms with Gasteiger partial charge in [0.1, 0.15) is 7.40 Å². The predicted octanol–water partition coefficient (Wildman–Crippen LogP) is 3.01. The van der Waals surface area contributed by atoms with E-state index in [-0.39, 0.29) is 15.3 Å². The van der Waals surface area contributed by atoms with Crippen molar-refractivity contribution in [2.75, 3.05) is 0 Å². The highest BCUT2D eigenvalue weighted by molar-refractivity contribution is 14.1. The highest BCUT2D eigenvalue weighted by Gasteiger charge is 2.23. The normalized spacial score (nSPS) is 11.4. The standard InChI is InChI=1S/C8H4F4I2N4O2/c9-7(10)19-3-1-2(13)17-18(3)4-5(14)15-16-6(4)20-8(11)12/h1,7-8H,(H,15,16). The number of hydrogen-bond acceptors (Lipinski definition) is 4. The van der Waals surface area contributed by atoms with Crippen LogP contribution in [0.5, 0.6) is 11.8 Å². The largest absolute Gasteiger partial charge is 0.417 e. The average molecular weight is 518 g/mol. The van der Waals surface area contributed by atoms with Crippen LogP contribution in [0.25, 0.3) is 5.69 Å². The molecular weight excluding hydrogens is 514 g/mol. The number of rotatable bonds is 5. The van der Waals surface area contributed by atoms with Crippen molar-refractivity contribution in [3.8, 4) is 17.4 Å². The van der Waals surface area contributed by atoms with Crippen molar-refractivity contribution in [2.24, 2.45) is 0 Å². The van der Waals surface area contributed by atoms with Crippen molar-refractivity contribution in [2.45, 2.75) is 13.2 Å². The second-order valence-corrected chi connectivity index (χ2v) is 5.35. The van der Waals surface area contributed by atoms with E-state index >= 15 is 0 Å². The summed E-state index contributed by atoms with van der Waals surface area (Å²) in [7, 11) is 0. The van der Waals surface area contributed by atoms with E-state index in [2.05, 4.69) is 24.8 Å². The number of nitrogens with zero attached hydrogens (tertiary/aromatic N) is 3. The number of nitrogens with one attached hydrogen (secondary N) is 1. The van der Waals surface area contributed by atoms with E-state index < -0.39 is 19.1 Å². The molecule has 12 heteroatoms. The van der Waals surface area contributed by atoms with E-state index in [1.165, 1.54) is 6.07 Å². The van der Waals surface area contributed by atoms with Crippen LogP contribution in [0.4, 0.5) is 17.6 Å². The van der Waals surface area contributed by atoms with Gasteiger partial charge in [-0.3, -0.25) is 5.10 Å². The predicted molar refractivity (Wildman–Crippen MR) is 74.4 cm³/mol. The Morgan fingerprint density at radius 2 is 1.80 bits per heavy atom. The Morgan fingerprint density at radius 1 is 1.15 bits per heavy atom. The summed E-state index contributed by atoms with van der Waals surface area (Å²) in [5, 5.41) is 9.81. The van der Waals surface area contributed by atoms with Crippen LogP contribution in [0.3, 0.4) is 0 Å². The molecule has 0 unspecified atom stereocenters. The van der Waals surface area contributed by atoms with Gasteiger partial charge < -0.3 is 9.47 Å². The first kappa shape index (κ1) is 15.6. The number of hydrogen-bond donors (Lipinski definition) is 1. The van der Waals surface area contributed by atoms with Crippen LogP contribution in [0.1, 0.15) is 0 Å². The van der Waals surface area contributed by atoms with Gasteiger partial charge in [0.2, 0.25) is 5.88 Å². The van der Waals surface area contributed by atoms with Crippen molar-refractivity contribution in [1.29, 1.82) is 0 Å². The Labute approximate surface area is 136 Å². The zero-order chi connectivity index (χ0) is 14.9. The van der Waals surface area contributed by atoms with Crippen molar-refractivity contribution < 1.29 is 27.0 Å². The van der Waals surface area contributed by atoms with Gasteiger partial charge in [0.05, 0.1) is 0 Å². The number of halogens is 6. The molecule has 0 amide bonds. The molecule has 0 bridgehead atoms. The molecule has 0 aliphatic heterocycles. The Kier molecular flexibility index (Phi) is 4.92. The summed E-state index contributed by atoms with van der Waals surface area (Å²) in [6.07, 6.45) is 0. The number of aromatic amines is 1. The molecule has 20 heavy (non-hydrogen) atoms. The SMILES string of the molecule is FC(F)Oc1n[nH]c(I)c1-n1nc(I)cc1OC(F)F. The van der Waals surface area contributed by atoms with Gasteiger partial charge in [0.15, 0.2) is 5.69 Å². The van der Waals surface area contributed by atoms with E-state index in [1.807, 2.05) is 0 Å². The van der Waals surface area contributed by atoms with E-state index in [0.717, 1.165) is 4.68 Å². The van der Waals surface area contributed by atoms with E-state index in [4.69, 9.17) is 0 Å². The van der Waals surface area contributed by atoms with E-state index in [1.54, 1.807) is 45.2 Å². The quantitative estimate of drug-likeness (QED) is 0.489. The summed E-state index contributed by atoms with van der Waals surface area (Å²) in [6, 6.07) is 1.22. The maximum Gasteiger partial charge on any atom is 0.388 e. The Hall–Kier alpha value is -0.800. The zero-order valence-corrected chi connectivity index (χ0v) is 13.5. The maximum absolute atomic E-state index is 12.3. The lowest BCUT2D eigenvalue weighted by atomic mass is 10.5. The summed E-state index contributed by atoms with van der Waals surface area (Å²) >= 11 is 3.51. The molecule has 2 heterocycles. The van der Waals surface area contributed by atoms with Crippen LogP contribution in [-0.4, -0.2) is 33.2 Å². The molecule has 110 valence electrons. The van der Waals surface area contributed by atoms with Gasteiger partial charge in [-0.15, -0.1) is 5.10 Å². The third-order valence-electron chi connectivity index (χ3n) is 1.94. The summed E-state index contributed by atoms with van der Waals surface area (Å²) in [4.78, 5) is 0. The topological polar surface area (TPSA) is 65.0 Å². The molecular formula is C8H4F4I2N4O2. The smallest absolute Gasteiger partial charge is 0.388 e. The fourth-order valence-electron chi connectivity index (χ4n) is 1.32. The van der Waals surface area contributed by atoms with Crippen molar-refractivity contribution in [1.82, 2.24) is 20.0 Å². The highest BCUT2D eigenvalue weighted by atomic mass is 127. The minimum atomic E-state index is -3.11. The molecule has 6 nitrogen and oxygen atoms in total. The molecule has 0 radical (unpaired) electrons. The number of H-pyrrole nitrogens is 1. The molecule has 1 N–H and O–H groups in total. The summed E-state index contributed by atoms with van der Waals surface area (Å²) < 4.78 is 59.2. The zero-order valence-electron chi connectivity index (χ0n) is 9.16. The lowest BCUT2D eigenvalue weighted by Gasteiger charge is -2.08. The first-order valence-corrected chi connectivity index (χ1v) is 6.93. The molecule has 0 aliphatic rings. The van der Waals surface area contributed by atoms with Crippen LogP contribution < -0.4 is 9.47 Å². The third-order valence-corrected chi connectivity index (χ3v) is 3.21. The first-order chi connectivity index (χ1) is 9.38. The number of aromatic nitrogens is 4. The van der Waals surface area contributed by atoms with Crippen LogP contribution in [0.15, 0.2) is 6.07 Å². The Balaban J connectivity index is 2.48. The Bertz CT molecular complexity index is 603. The van der Waals surface area contributed by atoms with Crippen LogP contribution in [0.2, 0.25) is 0 Å². The summed E-state index contributed by atoms with van der Waals surface area (Å²) in [5.41, 5.74) is -0.0375. The second-order valence-electron chi connectivity index (χ2n) is 3.17. The number of alkyl halides is 4. The van der Waals surface area contributed by atoms with Gasteiger partial charge in [-0.25, -0.2) is 0 Å². The molecule has 0 saturated heterocycles. The molecule has 0 aromatic carbocycles. The molecule has 0 fully saturated rings. The lowest BCUT2D eigenvalue weighted by molar-refractivity contribution is -0.0571. The van der Waals surface area contributed by atoms with Crippen molar-refractivity contribution >= 4 is 45.2 Å². The second kappa shape index (κ2) is 6.31. The molecule has 2 aromatic heterocycles. The van der Waals surface area contributed by atoms with Crippen LogP contribution in [-0.2, 0) is 0 Å². The van der Waals surface area contributed by atoms with Crippen molar-refractivity contribution in [3.05, 3.63) is 13.5 Å². The maximum atomic E-state index is 12.3. The summed E-state index contributed by atoms with van der Waals surface area (Å²) in [6.45, 7) is -6.19. The molecule has 2 aromatic rings. The van der Waals surface area contributed by atoms with E-state index in [0.29, 0.717) is 3.70 Å². The van der Waals surface area contributed by atoms with Gasteiger partial charge in [0, 0.05) is 6.07 Å². The van der Waals surface area contributed by atoms with Gasteiger partial charge in [-0.1, -0.05) is 0 Å². The van der Waals surface area contributed by atoms with Crippen LogP contribution >= 0.6 is 45.2 Å². The fourth-order valence-corrected chi connectivity index (χ4v) is 2.38. The number of ether oxygens (including phenoxy) is 2. The van der Waals surface area contributed by atoms with E-state index in [9.17, 15) is 17.6 Å². The molecule has 0 aliphatic carbocycles. The minimum Gasteiger partial charge on any atom is -0.417 e. The third kappa shape index (κ3) is 3.44. The minimum absolute atomic E-state index is 0.0375. The highest BCUT2D eigenvalue weighted by Crippen LogP contribution is 2.31. The molecule has 0 spiro atoms. The first-order valence-electron chi connectivity index (χ1n) is 4.78. The van der Waals surface area contributed by atoms with Gasteiger partial charge in [-0.2, -0.15) is 27.3 Å². The van der Waals surface area contributed by atoms with Gasteiger partial charge in [-0.05, 0) is 45.2 Å². The Morgan fingerprint density at radius 3 is 2.40 bits per heavy atom. The monoisotopic (exact) mass is 518 g/mol. The lowest BCUT2D eigenvalue weighted by Crippen LogP contribution is -2.10. The summed E-state index contributed by atoms with van der Waals surface area (Å²) in [5.74, 6) is -0.786. The molecule has 0 atom stereocenters. The fraction of sp³-hybridized carbons (Fsp3) is 0.250. The molecule has 2 rings (SSSR count). The van der Waals surface area contributed by atoms with Gasteiger partial charge >= 0.3 is 13.2 Å². The van der Waals surface area contributed by atoms with Crippen LogP contribution in [0, 0.1) is 7.40 Å². The van der Waals surface area contributed by atoms with Gasteiger partial charge in [0.25, 0.3) is 5.88 Å². The average Bonchev–Trinajstić information content (AvgIpc) is 2.81.